The molecule has 1 heterocycles. The Hall–Kier alpha value is -1.26. The van der Waals surface area contributed by atoms with E-state index in [9.17, 15) is 4.79 Å². The summed E-state index contributed by atoms with van der Waals surface area (Å²) >= 11 is 0. The molecule has 0 aliphatic carbocycles. The second kappa shape index (κ2) is 8.82. The first-order chi connectivity index (χ1) is 9.24. The van der Waals surface area contributed by atoms with Gasteiger partial charge in [-0.25, -0.2) is 0 Å². The molecule has 0 bridgehead atoms. The monoisotopic (exact) mass is 298 g/mol. The Bertz CT molecular complexity index is 403. The summed E-state index contributed by atoms with van der Waals surface area (Å²) in [6.07, 6.45) is 2.85. The number of hydrogen-bond acceptors (Lipinski definition) is 3. The first kappa shape index (κ1) is 16.8. The van der Waals surface area contributed by atoms with E-state index in [-0.39, 0.29) is 18.3 Å². The molecule has 1 atom stereocenters. The lowest BCUT2D eigenvalue weighted by Gasteiger charge is -2.11. The zero-order valence-corrected chi connectivity index (χ0v) is 12.7. The van der Waals surface area contributed by atoms with Crippen LogP contribution in [-0.2, 0) is 4.79 Å². The summed E-state index contributed by atoms with van der Waals surface area (Å²) < 4.78 is 5.55. The molecule has 20 heavy (non-hydrogen) atoms. The summed E-state index contributed by atoms with van der Waals surface area (Å²) in [5, 5.41) is 6.20. The smallest absolute Gasteiger partial charge is 0.221 e. The number of amides is 1. The quantitative estimate of drug-likeness (QED) is 0.790. The Balaban J connectivity index is 0.00000200. The van der Waals surface area contributed by atoms with Gasteiger partial charge in [-0.3, -0.25) is 4.79 Å². The molecule has 1 amide bonds. The number of carbonyl (C=O) groups excluding carboxylic acids is 1. The molecule has 2 rings (SSSR count). The molecule has 2 N–H and O–H groups in total. The minimum absolute atomic E-state index is 0. The SMILES string of the molecule is Cc1ccc(OCCNC(=O)CC2CCCN2)cc1.Cl. The summed E-state index contributed by atoms with van der Waals surface area (Å²) in [5.74, 6) is 0.948. The van der Waals surface area contributed by atoms with Crippen molar-refractivity contribution in [2.24, 2.45) is 0 Å². The zero-order valence-electron chi connectivity index (χ0n) is 11.9. The van der Waals surface area contributed by atoms with Crippen molar-refractivity contribution in [3.63, 3.8) is 0 Å². The van der Waals surface area contributed by atoms with E-state index in [1.54, 1.807) is 0 Å². The highest BCUT2D eigenvalue weighted by Gasteiger charge is 2.16. The molecule has 1 unspecified atom stereocenters. The van der Waals surface area contributed by atoms with Gasteiger partial charge in [0.1, 0.15) is 12.4 Å². The van der Waals surface area contributed by atoms with Crippen molar-refractivity contribution in [2.45, 2.75) is 32.2 Å². The maximum absolute atomic E-state index is 11.6. The fourth-order valence-electron chi connectivity index (χ4n) is 2.22. The molecule has 0 spiro atoms. The number of carbonyl (C=O) groups is 1. The van der Waals surface area contributed by atoms with Crippen molar-refractivity contribution in [1.29, 1.82) is 0 Å². The van der Waals surface area contributed by atoms with Gasteiger partial charge in [0.2, 0.25) is 5.91 Å². The predicted octanol–water partition coefficient (Wildman–Crippen LogP) is 2.05. The van der Waals surface area contributed by atoms with Crippen LogP contribution in [0.25, 0.3) is 0 Å². The molecular formula is C15H23ClN2O2. The first-order valence-electron chi connectivity index (χ1n) is 6.93. The maximum atomic E-state index is 11.6. The highest BCUT2D eigenvalue weighted by Crippen LogP contribution is 2.11. The lowest BCUT2D eigenvalue weighted by molar-refractivity contribution is -0.121. The molecule has 1 aliphatic heterocycles. The number of rotatable bonds is 6. The summed E-state index contributed by atoms with van der Waals surface area (Å²) in [6, 6.07) is 8.27. The number of benzene rings is 1. The van der Waals surface area contributed by atoms with Crippen LogP contribution in [0.1, 0.15) is 24.8 Å². The van der Waals surface area contributed by atoms with E-state index in [0.717, 1.165) is 18.7 Å². The zero-order chi connectivity index (χ0) is 13.5. The fourth-order valence-corrected chi connectivity index (χ4v) is 2.22. The van der Waals surface area contributed by atoms with Crippen molar-refractivity contribution in [1.82, 2.24) is 10.6 Å². The van der Waals surface area contributed by atoms with E-state index in [0.29, 0.717) is 25.6 Å². The Morgan fingerprint density at radius 3 is 2.80 bits per heavy atom. The summed E-state index contributed by atoms with van der Waals surface area (Å²) in [6.45, 7) is 4.14. The lowest BCUT2D eigenvalue weighted by atomic mass is 10.1. The molecular weight excluding hydrogens is 276 g/mol. The summed E-state index contributed by atoms with van der Waals surface area (Å²) in [4.78, 5) is 11.6. The standard InChI is InChI=1S/C15H22N2O2.ClH/c1-12-4-6-14(7-5-12)19-10-9-17-15(18)11-13-3-2-8-16-13;/h4-7,13,16H,2-3,8-11H2,1H3,(H,17,18);1H. The topological polar surface area (TPSA) is 50.4 Å². The van der Waals surface area contributed by atoms with Crippen LogP contribution in [-0.4, -0.2) is 31.6 Å². The van der Waals surface area contributed by atoms with Crippen LogP contribution in [0.3, 0.4) is 0 Å². The molecule has 1 aromatic rings. The van der Waals surface area contributed by atoms with E-state index in [4.69, 9.17) is 4.74 Å². The van der Waals surface area contributed by atoms with Gasteiger partial charge >= 0.3 is 0 Å². The largest absolute Gasteiger partial charge is 0.492 e. The Morgan fingerprint density at radius 2 is 2.15 bits per heavy atom. The van der Waals surface area contributed by atoms with Crippen molar-refractivity contribution in [3.8, 4) is 5.75 Å². The van der Waals surface area contributed by atoms with Gasteiger partial charge in [0.05, 0.1) is 6.54 Å². The van der Waals surface area contributed by atoms with Gasteiger partial charge in [0.15, 0.2) is 0 Å². The Kier molecular flexibility index (Phi) is 7.41. The van der Waals surface area contributed by atoms with Gasteiger partial charge in [-0.2, -0.15) is 0 Å². The molecule has 0 aromatic heterocycles. The second-order valence-electron chi connectivity index (χ2n) is 5.01. The summed E-state index contributed by atoms with van der Waals surface area (Å²) in [5.41, 5.74) is 1.21. The molecule has 5 heteroatoms. The van der Waals surface area contributed by atoms with Crippen LogP contribution in [0.2, 0.25) is 0 Å². The molecule has 1 aromatic carbocycles. The predicted molar refractivity (Wildman–Crippen MR) is 82.6 cm³/mol. The minimum Gasteiger partial charge on any atom is -0.492 e. The first-order valence-corrected chi connectivity index (χ1v) is 6.93. The average molecular weight is 299 g/mol. The lowest BCUT2D eigenvalue weighted by Crippen LogP contribution is -2.33. The van der Waals surface area contributed by atoms with Gasteiger partial charge in [0, 0.05) is 12.5 Å². The molecule has 1 aliphatic rings. The number of hydrogen-bond donors (Lipinski definition) is 2. The van der Waals surface area contributed by atoms with Crippen molar-refractivity contribution >= 4 is 18.3 Å². The highest BCUT2D eigenvalue weighted by atomic mass is 35.5. The molecule has 1 saturated heterocycles. The normalized spacial score (nSPS) is 17.4. The van der Waals surface area contributed by atoms with Crippen molar-refractivity contribution in [2.75, 3.05) is 19.7 Å². The van der Waals surface area contributed by atoms with Gasteiger partial charge in [0.25, 0.3) is 0 Å². The third-order valence-electron chi connectivity index (χ3n) is 3.31. The minimum atomic E-state index is 0. The molecule has 112 valence electrons. The third kappa shape index (κ3) is 5.80. The van der Waals surface area contributed by atoms with Gasteiger partial charge < -0.3 is 15.4 Å². The van der Waals surface area contributed by atoms with E-state index in [1.165, 1.54) is 12.0 Å². The van der Waals surface area contributed by atoms with E-state index in [2.05, 4.69) is 10.6 Å². The number of nitrogens with one attached hydrogen (secondary N) is 2. The number of aryl methyl sites for hydroxylation is 1. The van der Waals surface area contributed by atoms with Gasteiger partial charge in [-0.1, -0.05) is 17.7 Å². The number of halogens is 1. The van der Waals surface area contributed by atoms with Crippen molar-refractivity contribution in [3.05, 3.63) is 29.8 Å². The fraction of sp³-hybridized carbons (Fsp3) is 0.533. The number of ether oxygens (including phenoxy) is 1. The van der Waals surface area contributed by atoms with Crippen LogP contribution in [0.15, 0.2) is 24.3 Å². The molecule has 0 radical (unpaired) electrons. The van der Waals surface area contributed by atoms with Crippen molar-refractivity contribution < 1.29 is 9.53 Å². The Morgan fingerprint density at radius 1 is 1.40 bits per heavy atom. The van der Waals surface area contributed by atoms with Crippen LogP contribution in [0.5, 0.6) is 5.75 Å². The Labute approximate surface area is 126 Å². The van der Waals surface area contributed by atoms with Gasteiger partial charge in [-0.05, 0) is 38.4 Å². The van der Waals surface area contributed by atoms with Crippen LogP contribution >= 0.6 is 12.4 Å². The van der Waals surface area contributed by atoms with Crippen LogP contribution in [0.4, 0.5) is 0 Å². The van der Waals surface area contributed by atoms with E-state index >= 15 is 0 Å². The maximum Gasteiger partial charge on any atom is 0.221 e. The van der Waals surface area contributed by atoms with Gasteiger partial charge in [-0.15, -0.1) is 12.4 Å². The van der Waals surface area contributed by atoms with Crippen LogP contribution < -0.4 is 15.4 Å². The second-order valence-corrected chi connectivity index (χ2v) is 5.01. The molecule has 0 saturated carbocycles. The van der Waals surface area contributed by atoms with E-state index < -0.39 is 0 Å². The molecule has 4 nitrogen and oxygen atoms in total. The van der Waals surface area contributed by atoms with Crippen LogP contribution in [0, 0.1) is 6.92 Å². The highest BCUT2D eigenvalue weighted by molar-refractivity contribution is 5.85. The third-order valence-corrected chi connectivity index (χ3v) is 3.31. The van der Waals surface area contributed by atoms with E-state index in [1.807, 2.05) is 31.2 Å². The molecule has 1 fully saturated rings. The summed E-state index contributed by atoms with van der Waals surface area (Å²) in [7, 11) is 0. The average Bonchev–Trinajstić information content (AvgIpc) is 2.89.